The number of nitrogens with zero attached hydrogens (tertiary/aromatic N) is 1. The van der Waals surface area contributed by atoms with Gasteiger partial charge in [0.05, 0.1) is 45.2 Å². The van der Waals surface area contributed by atoms with Gasteiger partial charge in [0.25, 0.3) is 0 Å². The molecule has 0 radical (unpaired) electrons. The number of halogens is 1. The number of anilines is 1. The summed E-state index contributed by atoms with van der Waals surface area (Å²) in [5, 5.41) is 0. The molecule has 0 saturated heterocycles. The quantitative estimate of drug-likeness (QED) is 0.347. The van der Waals surface area contributed by atoms with Crippen LogP contribution in [-0.2, 0) is 0 Å². The molecule has 0 amide bonds. The van der Waals surface area contributed by atoms with Crippen molar-refractivity contribution in [1.29, 1.82) is 0 Å². The van der Waals surface area contributed by atoms with E-state index in [1.807, 2.05) is 25.9 Å². The average Bonchev–Trinajstić information content (AvgIpc) is 2.77. The summed E-state index contributed by atoms with van der Waals surface area (Å²) in [6, 6.07) is 7.06. The fraction of sp³-hybridized carbons (Fsp3) is 0.348. The largest absolute Gasteiger partial charge is 0.493 e. The maximum atomic E-state index is 13.1. The number of hydrogen-bond acceptors (Lipinski definition) is 7. The van der Waals surface area contributed by atoms with Crippen LogP contribution in [0, 0.1) is 0 Å². The van der Waals surface area contributed by atoms with Crippen LogP contribution in [0.15, 0.2) is 28.7 Å². The first kappa shape index (κ1) is 24.4. The minimum Gasteiger partial charge on any atom is -0.493 e. The summed E-state index contributed by atoms with van der Waals surface area (Å²) in [5.41, 5.74) is 1.93. The van der Waals surface area contributed by atoms with Crippen LogP contribution in [-0.4, -0.2) is 54.9 Å². The smallest absolute Gasteiger partial charge is 0.207 e. The third kappa shape index (κ3) is 5.25. The number of Topliss-reactive ketones (excluding diaryl/α,β-unsaturated/α-hetero) is 1. The van der Waals surface area contributed by atoms with Gasteiger partial charge in [0, 0.05) is 25.2 Å². The molecule has 8 heteroatoms. The molecule has 7 nitrogen and oxygen atoms in total. The minimum atomic E-state index is -0.193. The van der Waals surface area contributed by atoms with E-state index in [2.05, 4.69) is 15.9 Å². The zero-order chi connectivity index (χ0) is 23.1. The second-order valence-electron chi connectivity index (χ2n) is 6.60. The van der Waals surface area contributed by atoms with Gasteiger partial charge in [-0.05, 0) is 53.2 Å². The van der Waals surface area contributed by atoms with Crippen LogP contribution in [0.2, 0.25) is 0 Å². The predicted octanol–water partition coefficient (Wildman–Crippen LogP) is 4.80. The van der Waals surface area contributed by atoms with Crippen LogP contribution in [0.5, 0.6) is 28.7 Å². The molecule has 2 rings (SSSR count). The van der Waals surface area contributed by atoms with E-state index >= 15 is 0 Å². The van der Waals surface area contributed by atoms with E-state index in [1.165, 1.54) is 28.4 Å². The van der Waals surface area contributed by atoms with Crippen LogP contribution in [0.25, 0.3) is 6.08 Å². The van der Waals surface area contributed by atoms with Gasteiger partial charge in [-0.15, -0.1) is 0 Å². The third-order valence-electron chi connectivity index (χ3n) is 4.52. The Hall–Kier alpha value is -2.87. The lowest BCUT2D eigenvalue weighted by Crippen LogP contribution is -2.12. The molecule has 2 aromatic carbocycles. The number of rotatable bonds is 10. The molecule has 0 N–H and O–H groups in total. The maximum absolute atomic E-state index is 13.1. The molecule has 0 saturated carbocycles. The Bertz CT molecular complexity index is 971. The highest BCUT2D eigenvalue weighted by molar-refractivity contribution is 9.12. The number of allylic oxidation sites excluding steroid dienone is 1. The van der Waals surface area contributed by atoms with Crippen molar-refractivity contribution in [1.82, 2.24) is 0 Å². The number of carbonyl (C=O) groups is 1. The molecule has 0 heterocycles. The fourth-order valence-corrected chi connectivity index (χ4v) is 3.57. The Balaban J connectivity index is 2.54. The zero-order valence-electron chi connectivity index (χ0n) is 18.9. The Morgan fingerprint density at radius 3 is 2.10 bits per heavy atom. The monoisotopic (exact) mass is 493 g/mol. The number of benzene rings is 2. The number of ether oxygens (including phenoxy) is 5. The lowest BCUT2D eigenvalue weighted by molar-refractivity contribution is 0.104. The lowest BCUT2D eigenvalue weighted by Gasteiger charge is -2.18. The van der Waals surface area contributed by atoms with Gasteiger partial charge < -0.3 is 28.6 Å². The standard InChI is InChI=1S/C23H28BrNO6/c1-8-31-18-10-9-14(12-17(18)25(2)3)20(26)16(24)11-15-13-19(27-4)22(29-6)23(30-7)21(15)28-5/h9-13H,8H2,1-7H3/b16-11+. The van der Waals surface area contributed by atoms with Crippen molar-refractivity contribution in [2.24, 2.45) is 0 Å². The molecule has 31 heavy (non-hydrogen) atoms. The van der Waals surface area contributed by atoms with Crippen molar-refractivity contribution in [3.63, 3.8) is 0 Å². The molecular formula is C23H28BrNO6. The van der Waals surface area contributed by atoms with Crippen LogP contribution >= 0.6 is 15.9 Å². The lowest BCUT2D eigenvalue weighted by atomic mass is 10.1. The Labute approximate surface area is 191 Å². The van der Waals surface area contributed by atoms with E-state index in [-0.39, 0.29) is 5.78 Å². The normalized spacial score (nSPS) is 11.0. The minimum absolute atomic E-state index is 0.193. The Morgan fingerprint density at radius 1 is 0.935 bits per heavy atom. The molecule has 0 atom stereocenters. The first-order chi connectivity index (χ1) is 14.8. The predicted molar refractivity (Wildman–Crippen MR) is 126 cm³/mol. The summed E-state index contributed by atoms with van der Waals surface area (Å²) in [6.07, 6.45) is 1.66. The van der Waals surface area contributed by atoms with E-state index < -0.39 is 0 Å². The Morgan fingerprint density at radius 2 is 1.58 bits per heavy atom. The molecule has 0 aromatic heterocycles. The van der Waals surface area contributed by atoms with Crippen LogP contribution < -0.4 is 28.6 Å². The second-order valence-corrected chi connectivity index (χ2v) is 7.45. The first-order valence-corrected chi connectivity index (χ1v) is 10.3. The molecule has 0 unspecified atom stereocenters. The molecule has 0 aliphatic rings. The number of methoxy groups -OCH3 is 4. The van der Waals surface area contributed by atoms with Crippen molar-refractivity contribution in [2.45, 2.75) is 6.92 Å². The van der Waals surface area contributed by atoms with E-state index in [9.17, 15) is 4.79 Å². The molecule has 0 fully saturated rings. The highest BCUT2D eigenvalue weighted by Gasteiger charge is 2.22. The van der Waals surface area contributed by atoms with E-state index in [1.54, 1.807) is 30.3 Å². The number of carbonyl (C=O) groups excluding carboxylic acids is 1. The van der Waals surface area contributed by atoms with Crippen molar-refractivity contribution in [3.05, 3.63) is 39.9 Å². The molecule has 2 aromatic rings. The summed E-state index contributed by atoms with van der Waals surface area (Å²) in [5.74, 6) is 2.18. The van der Waals surface area contributed by atoms with Gasteiger partial charge in [-0.25, -0.2) is 0 Å². The highest BCUT2D eigenvalue weighted by Crippen LogP contribution is 2.47. The maximum Gasteiger partial charge on any atom is 0.207 e. The number of ketones is 1. The molecule has 0 bridgehead atoms. The van der Waals surface area contributed by atoms with Gasteiger partial charge in [0.2, 0.25) is 11.5 Å². The van der Waals surface area contributed by atoms with E-state index in [0.29, 0.717) is 45.2 Å². The van der Waals surface area contributed by atoms with Crippen LogP contribution in [0.4, 0.5) is 5.69 Å². The topological polar surface area (TPSA) is 66.5 Å². The Kier molecular flexibility index (Phi) is 8.62. The molecule has 0 aliphatic carbocycles. The second kappa shape index (κ2) is 10.9. The number of hydrogen-bond donors (Lipinski definition) is 0. The van der Waals surface area contributed by atoms with Crippen molar-refractivity contribution >= 4 is 33.5 Å². The highest BCUT2D eigenvalue weighted by atomic mass is 79.9. The van der Waals surface area contributed by atoms with E-state index in [0.717, 1.165) is 11.4 Å². The molecular weight excluding hydrogens is 466 g/mol. The van der Waals surface area contributed by atoms with Gasteiger partial charge in [-0.3, -0.25) is 4.79 Å². The molecule has 168 valence electrons. The van der Waals surface area contributed by atoms with Gasteiger partial charge in [0.1, 0.15) is 5.75 Å². The third-order valence-corrected chi connectivity index (χ3v) is 5.11. The summed E-state index contributed by atoms with van der Waals surface area (Å²) < 4.78 is 27.8. The van der Waals surface area contributed by atoms with Crippen LogP contribution in [0.1, 0.15) is 22.8 Å². The van der Waals surface area contributed by atoms with Crippen molar-refractivity contribution in [3.8, 4) is 28.7 Å². The molecule has 0 spiro atoms. The molecule has 0 aliphatic heterocycles. The van der Waals surface area contributed by atoms with E-state index in [4.69, 9.17) is 23.7 Å². The first-order valence-electron chi connectivity index (χ1n) is 9.55. The average molecular weight is 494 g/mol. The SMILES string of the molecule is CCOc1ccc(C(=O)/C(Br)=C\c2cc(OC)c(OC)c(OC)c2OC)cc1N(C)C. The summed E-state index contributed by atoms with van der Waals surface area (Å²) in [7, 11) is 9.88. The summed E-state index contributed by atoms with van der Waals surface area (Å²) in [4.78, 5) is 15.0. The van der Waals surface area contributed by atoms with Gasteiger partial charge in [0.15, 0.2) is 17.3 Å². The van der Waals surface area contributed by atoms with Crippen molar-refractivity contribution < 1.29 is 28.5 Å². The van der Waals surface area contributed by atoms with Crippen molar-refractivity contribution in [2.75, 3.05) is 54.0 Å². The van der Waals surface area contributed by atoms with Gasteiger partial charge in [-0.1, -0.05) is 0 Å². The van der Waals surface area contributed by atoms with Gasteiger partial charge >= 0.3 is 0 Å². The van der Waals surface area contributed by atoms with Gasteiger partial charge in [-0.2, -0.15) is 0 Å². The fourth-order valence-electron chi connectivity index (χ4n) is 3.09. The summed E-state index contributed by atoms with van der Waals surface area (Å²) in [6.45, 7) is 2.46. The van der Waals surface area contributed by atoms with Crippen LogP contribution in [0.3, 0.4) is 0 Å². The zero-order valence-corrected chi connectivity index (χ0v) is 20.5. The summed E-state index contributed by atoms with van der Waals surface area (Å²) >= 11 is 3.42.